The monoisotopic (exact) mass is 542 g/mol. The van der Waals surface area contributed by atoms with Crippen LogP contribution in [0.25, 0.3) is 0 Å². The first kappa shape index (κ1) is 26.1. The molecule has 1 aliphatic heterocycles. The van der Waals surface area contributed by atoms with Gasteiger partial charge in [0.25, 0.3) is 5.91 Å². The van der Waals surface area contributed by atoms with Crippen LogP contribution in [0.3, 0.4) is 0 Å². The van der Waals surface area contributed by atoms with E-state index in [0.717, 1.165) is 44.1 Å². The molecule has 2 saturated carbocycles. The van der Waals surface area contributed by atoms with E-state index in [1.54, 1.807) is 24.3 Å². The van der Waals surface area contributed by atoms with Crippen LogP contribution >= 0.6 is 23.2 Å². The van der Waals surface area contributed by atoms with Crippen LogP contribution in [0, 0.1) is 17.8 Å². The molecule has 196 valence electrons. The number of rotatable bonds is 6. The van der Waals surface area contributed by atoms with Gasteiger partial charge in [0.2, 0.25) is 0 Å². The maximum absolute atomic E-state index is 14.2. The molecule has 37 heavy (non-hydrogen) atoms. The molecule has 1 spiro atoms. The molecule has 0 aromatic heterocycles. The van der Waals surface area contributed by atoms with Gasteiger partial charge in [-0.1, -0.05) is 49.2 Å². The highest BCUT2D eigenvalue weighted by Gasteiger charge is 2.54. The van der Waals surface area contributed by atoms with Gasteiger partial charge in [-0.25, -0.2) is 4.79 Å². The zero-order chi connectivity index (χ0) is 26.5. The molecule has 8 heteroatoms. The highest BCUT2D eigenvalue weighted by molar-refractivity contribution is 6.48. The van der Waals surface area contributed by atoms with Crippen molar-refractivity contribution in [2.75, 3.05) is 7.11 Å². The molecule has 2 aliphatic carbocycles. The third-order valence-electron chi connectivity index (χ3n) is 8.27. The minimum atomic E-state index is -0.650. The summed E-state index contributed by atoms with van der Waals surface area (Å²) in [5.74, 6) is 0.763. The molecule has 2 fully saturated rings. The van der Waals surface area contributed by atoms with Crippen molar-refractivity contribution < 1.29 is 19.4 Å². The Bertz CT molecular complexity index is 1220. The average molecular weight is 543 g/mol. The number of phenolic OH excluding ortho intramolecular Hbond substituents is 1. The van der Waals surface area contributed by atoms with Crippen molar-refractivity contribution in [1.82, 2.24) is 4.90 Å². The van der Waals surface area contributed by atoms with Gasteiger partial charge in [0.1, 0.15) is 11.4 Å². The maximum atomic E-state index is 14.2. The van der Waals surface area contributed by atoms with E-state index in [1.807, 2.05) is 17.0 Å². The normalized spacial score (nSPS) is 24.5. The van der Waals surface area contributed by atoms with Crippen LogP contribution in [0.15, 0.2) is 41.4 Å². The van der Waals surface area contributed by atoms with E-state index in [1.165, 1.54) is 7.11 Å². The standard InChI is InChI=1S/C29H32Cl2N2O4/c1-16(2)17-10-12-29(13-11-17)32-24(21-14-22(30)26(34)23(31)15-21)27(35)33(29)25(18-4-5-18)19-6-8-20(9-7-19)28(36)37-3/h6-9,14-18,25,34H,4-5,10-13H2,1-3H3. The van der Waals surface area contributed by atoms with Crippen LogP contribution in [-0.2, 0) is 9.53 Å². The lowest BCUT2D eigenvalue weighted by molar-refractivity contribution is -0.134. The second-order valence-electron chi connectivity index (χ2n) is 10.9. The number of esters is 1. The van der Waals surface area contributed by atoms with Gasteiger partial charge in [-0.3, -0.25) is 9.79 Å². The fourth-order valence-corrected chi connectivity index (χ4v) is 6.48. The van der Waals surface area contributed by atoms with Crippen molar-refractivity contribution in [2.24, 2.45) is 22.7 Å². The molecule has 1 atom stereocenters. The van der Waals surface area contributed by atoms with Gasteiger partial charge in [0, 0.05) is 5.56 Å². The number of benzene rings is 2. The molecule has 2 aromatic rings. The van der Waals surface area contributed by atoms with E-state index in [9.17, 15) is 14.7 Å². The molecule has 2 aromatic carbocycles. The number of halogens is 2. The summed E-state index contributed by atoms with van der Waals surface area (Å²) in [5.41, 5.74) is 1.67. The Morgan fingerprint density at radius 3 is 2.16 bits per heavy atom. The lowest BCUT2D eigenvalue weighted by Gasteiger charge is -2.46. The fraction of sp³-hybridized carbons (Fsp3) is 0.483. The number of methoxy groups -OCH3 is 1. The number of carbonyl (C=O) groups is 2. The largest absolute Gasteiger partial charge is 0.505 e. The highest BCUT2D eigenvalue weighted by Crippen LogP contribution is 2.53. The van der Waals surface area contributed by atoms with Crippen LogP contribution in [0.5, 0.6) is 5.75 Å². The first-order chi connectivity index (χ1) is 17.6. The number of aliphatic imine (C=N–C) groups is 1. The van der Waals surface area contributed by atoms with E-state index < -0.39 is 5.66 Å². The van der Waals surface area contributed by atoms with Crippen LogP contribution < -0.4 is 0 Å². The Morgan fingerprint density at radius 1 is 1.05 bits per heavy atom. The summed E-state index contributed by atoms with van der Waals surface area (Å²) in [4.78, 5) is 33.4. The number of hydrogen-bond donors (Lipinski definition) is 1. The molecule has 1 N–H and O–H groups in total. The summed E-state index contributed by atoms with van der Waals surface area (Å²) in [6.45, 7) is 4.51. The molecule has 5 rings (SSSR count). The van der Waals surface area contributed by atoms with Crippen LogP contribution in [-0.4, -0.2) is 40.4 Å². The number of carbonyl (C=O) groups excluding carboxylic acids is 2. The molecule has 3 aliphatic rings. The minimum Gasteiger partial charge on any atom is -0.505 e. The van der Waals surface area contributed by atoms with Gasteiger partial charge in [-0.05, 0) is 86.1 Å². The molecular formula is C29H32Cl2N2O4. The molecule has 1 unspecified atom stereocenters. The van der Waals surface area contributed by atoms with Crippen molar-refractivity contribution in [3.63, 3.8) is 0 Å². The SMILES string of the molecule is COC(=O)c1ccc(C(C2CC2)N2C(=O)C(c3cc(Cl)c(O)c(Cl)c3)=NC23CCC(C(C)C)CC3)cc1. The summed E-state index contributed by atoms with van der Waals surface area (Å²) in [6.07, 6.45) is 5.62. The van der Waals surface area contributed by atoms with E-state index in [0.29, 0.717) is 34.6 Å². The summed E-state index contributed by atoms with van der Waals surface area (Å²) in [7, 11) is 1.37. The quantitative estimate of drug-likeness (QED) is 0.406. The summed E-state index contributed by atoms with van der Waals surface area (Å²) < 4.78 is 4.86. The van der Waals surface area contributed by atoms with E-state index in [-0.39, 0.29) is 33.7 Å². The first-order valence-corrected chi connectivity index (χ1v) is 13.7. The van der Waals surface area contributed by atoms with Gasteiger partial charge >= 0.3 is 5.97 Å². The predicted octanol–water partition coefficient (Wildman–Crippen LogP) is 6.81. The second kappa shape index (κ2) is 9.95. The van der Waals surface area contributed by atoms with Crippen molar-refractivity contribution in [2.45, 2.75) is 64.1 Å². The Morgan fingerprint density at radius 2 is 1.65 bits per heavy atom. The Labute approximate surface area is 227 Å². The van der Waals surface area contributed by atoms with Gasteiger partial charge in [0.15, 0.2) is 5.75 Å². The number of hydrogen-bond acceptors (Lipinski definition) is 5. The zero-order valence-electron chi connectivity index (χ0n) is 21.3. The van der Waals surface area contributed by atoms with E-state index in [4.69, 9.17) is 32.9 Å². The highest BCUT2D eigenvalue weighted by atomic mass is 35.5. The van der Waals surface area contributed by atoms with Gasteiger partial charge in [-0.15, -0.1) is 0 Å². The van der Waals surface area contributed by atoms with Crippen molar-refractivity contribution >= 4 is 40.8 Å². The molecule has 6 nitrogen and oxygen atoms in total. The third kappa shape index (κ3) is 4.74. The molecule has 0 radical (unpaired) electrons. The van der Waals surface area contributed by atoms with Crippen molar-refractivity contribution in [3.05, 3.63) is 63.1 Å². The minimum absolute atomic E-state index is 0.0890. The average Bonchev–Trinajstić information content (AvgIpc) is 3.69. The van der Waals surface area contributed by atoms with Crippen molar-refractivity contribution in [3.8, 4) is 5.75 Å². The van der Waals surface area contributed by atoms with Crippen LogP contribution in [0.1, 0.15) is 79.9 Å². The Hall–Kier alpha value is -2.57. The van der Waals surface area contributed by atoms with E-state index >= 15 is 0 Å². The van der Waals surface area contributed by atoms with Gasteiger partial charge in [-0.2, -0.15) is 0 Å². The predicted molar refractivity (Wildman–Crippen MR) is 144 cm³/mol. The molecule has 0 bridgehead atoms. The second-order valence-corrected chi connectivity index (χ2v) is 11.7. The topological polar surface area (TPSA) is 79.2 Å². The number of aromatic hydroxyl groups is 1. The third-order valence-corrected chi connectivity index (χ3v) is 8.85. The van der Waals surface area contributed by atoms with Crippen LogP contribution in [0.2, 0.25) is 10.0 Å². The number of nitrogens with zero attached hydrogens (tertiary/aromatic N) is 2. The Balaban J connectivity index is 1.58. The molecule has 1 amide bonds. The van der Waals surface area contributed by atoms with Crippen LogP contribution in [0.4, 0.5) is 0 Å². The lowest BCUT2D eigenvalue weighted by atomic mass is 9.76. The first-order valence-electron chi connectivity index (χ1n) is 13.0. The summed E-state index contributed by atoms with van der Waals surface area (Å²) in [5, 5.41) is 10.3. The lowest BCUT2D eigenvalue weighted by Crippen LogP contribution is -2.51. The smallest absolute Gasteiger partial charge is 0.337 e. The fourth-order valence-electron chi connectivity index (χ4n) is 5.99. The zero-order valence-corrected chi connectivity index (χ0v) is 22.9. The maximum Gasteiger partial charge on any atom is 0.337 e. The van der Waals surface area contributed by atoms with Gasteiger partial charge in [0.05, 0.1) is 28.8 Å². The molecule has 0 saturated heterocycles. The molecular weight excluding hydrogens is 511 g/mol. The van der Waals surface area contributed by atoms with Crippen molar-refractivity contribution in [1.29, 1.82) is 0 Å². The summed E-state index contributed by atoms with van der Waals surface area (Å²) in [6, 6.07) is 10.4. The van der Waals surface area contributed by atoms with E-state index in [2.05, 4.69) is 13.8 Å². The van der Waals surface area contributed by atoms with Gasteiger partial charge < -0.3 is 14.7 Å². The summed E-state index contributed by atoms with van der Waals surface area (Å²) >= 11 is 12.5. The Kier molecular flexibility index (Phi) is 7.01. The number of amides is 1. The number of phenols is 1. The number of ether oxygens (including phenoxy) is 1. The molecule has 1 heterocycles.